The van der Waals surface area contributed by atoms with E-state index in [0.29, 0.717) is 12.0 Å². The second-order valence-electron chi connectivity index (χ2n) is 7.33. The zero-order valence-electron chi connectivity index (χ0n) is 14.6. The third kappa shape index (κ3) is 5.37. The fourth-order valence-electron chi connectivity index (χ4n) is 3.91. The van der Waals surface area contributed by atoms with Crippen LogP contribution in [-0.4, -0.2) is 30.1 Å². The van der Waals surface area contributed by atoms with Crippen molar-refractivity contribution in [3.8, 4) is 0 Å². The summed E-state index contributed by atoms with van der Waals surface area (Å²) in [6.07, 6.45) is 7.81. The Balaban J connectivity index is 2.66. The highest BCUT2D eigenvalue weighted by Gasteiger charge is 2.30. The molecule has 0 saturated heterocycles. The van der Waals surface area contributed by atoms with Crippen molar-refractivity contribution in [1.29, 1.82) is 0 Å². The summed E-state index contributed by atoms with van der Waals surface area (Å²) in [5.74, 6) is 2.38. The summed E-state index contributed by atoms with van der Waals surface area (Å²) in [7, 11) is 0. The summed E-state index contributed by atoms with van der Waals surface area (Å²) in [5, 5.41) is 0. The molecule has 0 spiro atoms. The van der Waals surface area contributed by atoms with Crippen LogP contribution in [0.25, 0.3) is 0 Å². The van der Waals surface area contributed by atoms with Gasteiger partial charge in [-0.05, 0) is 49.9 Å². The lowest BCUT2D eigenvalue weighted by Gasteiger charge is -2.40. The van der Waals surface area contributed by atoms with Crippen LogP contribution in [0.1, 0.15) is 73.1 Å². The molecular formula is C18H38N2. The molecule has 1 aliphatic carbocycles. The summed E-state index contributed by atoms with van der Waals surface area (Å²) in [6, 6.07) is 1.17. The Morgan fingerprint density at radius 1 is 1.10 bits per heavy atom. The predicted molar refractivity (Wildman–Crippen MR) is 89.9 cm³/mol. The Kier molecular flexibility index (Phi) is 8.13. The van der Waals surface area contributed by atoms with Crippen LogP contribution in [0.2, 0.25) is 0 Å². The summed E-state index contributed by atoms with van der Waals surface area (Å²) in [4.78, 5) is 2.74. The zero-order valence-corrected chi connectivity index (χ0v) is 14.6. The Hall–Kier alpha value is -0.0800. The average molecular weight is 283 g/mol. The van der Waals surface area contributed by atoms with Gasteiger partial charge in [0.15, 0.2) is 0 Å². The van der Waals surface area contributed by atoms with E-state index in [4.69, 9.17) is 5.73 Å². The smallest absolute Gasteiger partial charge is 0.00902 e. The van der Waals surface area contributed by atoms with E-state index in [2.05, 4.69) is 39.5 Å². The van der Waals surface area contributed by atoms with Crippen LogP contribution >= 0.6 is 0 Å². The molecule has 2 heteroatoms. The van der Waals surface area contributed by atoms with E-state index in [1.165, 1.54) is 51.6 Å². The molecule has 0 aliphatic heterocycles. The van der Waals surface area contributed by atoms with Crippen LogP contribution in [0.15, 0.2) is 0 Å². The summed E-state index contributed by atoms with van der Waals surface area (Å²) >= 11 is 0. The lowest BCUT2D eigenvalue weighted by Crippen LogP contribution is -2.47. The fourth-order valence-corrected chi connectivity index (χ4v) is 3.91. The number of rotatable bonds is 8. The molecule has 3 unspecified atom stereocenters. The minimum atomic E-state index is 0.432. The van der Waals surface area contributed by atoms with Gasteiger partial charge in [-0.3, -0.25) is 4.90 Å². The molecule has 1 fully saturated rings. The van der Waals surface area contributed by atoms with Gasteiger partial charge in [0.1, 0.15) is 0 Å². The monoisotopic (exact) mass is 282 g/mol. The minimum absolute atomic E-state index is 0.432. The lowest BCUT2D eigenvalue weighted by atomic mass is 9.77. The van der Waals surface area contributed by atoms with Crippen molar-refractivity contribution < 1.29 is 0 Å². The maximum Gasteiger partial charge on any atom is 0.00902 e. The first-order valence-electron chi connectivity index (χ1n) is 9.01. The van der Waals surface area contributed by atoms with Gasteiger partial charge in [-0.15, -0.1) is 0 Å². The highest BCUT2D eigenvalue weighted by atomic mass is 15.2. The molecule has 0 bridgehead atoms. The van der Waals surface area contributed by atoms with E-state index in [0.717, 1.165) is 17.9 Å². The quantitative estimate of drug-likeness (QED) is 0.719. The first kappa shape index (κ1) is 18.0. The molecule has 0 heterocycles. The third-order valence-corrected chi connectivity index (χ3v) is 5.25. The van der Waals surface area contributed by atoms with Gasteiger partial charge in [0, 0.05) is 25.2 Å². The van der Waals surface area contributed by atoms with Crippen LogP contribution in [0.4, 0.5) is 0 Å². The Morgan fingerprint density at radius 3 is 2.25 bits per heavy atom. The second kappa shape index (κ2) is 9.04. The van der Waals surface area contributed by atoms with Gasteiger partial charge in [-0.2, -0.15) is 0 Å². The molecule has 120 valence electrons. The van der Waals surface area contributed by atoms with Crippen molar-refractivity contribution in [1.82, 2.24) is 4.90 Å². The molecule has 1 aliphatic rings. The van der Waals surface area contributed by atoms with Gasteiger partial charge >= 0.3 is 0 Å². The van der Waals surface area contributed by atoms with Gasteiger partial charge in [0.05, 0.1) is 0 Å². The van der Waals surface area contributed by atoms with E-state index >= 15 is 0 Å². The molecule has 0 aromatic heterocycles. The first-order valence-corrected chi connectivity index (χ1v) is 9.01. The molecule has 3 atom stereocenters. The average Bonchev–Trinajstić information content (AvgIpc) is 2.41. The van der Waals surface area contributed by atoms with E-state index in [1.807, 2.05) is 0 Å². The van der Waals surface area contributed by atoms with Gasteiger partial charge in [0.2, 0.25) is 0 Å². The van der Waals surface area contributed by atoms with Crippen molar-refractivity contribution in [3.63, 3.8) is 0 Å². The largest absolute Gasteiger partial charge is 0.327 e. The van der Waals surface area contributed by atoms with Crippen molar-refractivity contribution in [2.24, 2.45) is 23.5 Å². The minimum Gasteiger partial charge on any atom is -0.327 e. The molecule has 1 saturated carbocycles. The Labute approximate surface area is 127 Å². The normalized spacial score (nSPS) is 27.8. The van der Waals surface area contributed by atoms with Gasteiger partial charge in [-0.1, -0.05) is 41.0 Å². The highest BCUT2D eigenvalue weighted by molar-refractivity contribution is 4.85. The fraction of sp³-hybridized carbons (Fsp3) is 1.00. The Morgan fingerprint density at radius 2 is 1.75 bits per heavy atom. The van der Waals surface area contributed by atoms with E-state index < -0.39 is 0 Å². The van der Waals surface area contributed by atoms with Crippen LogP contribution in [0.3, 0.4) is 0 Å². The van der Waals surface area contributed by atoms with Crippen LogP contribution in [0.5, 0.6) is 0 Å². The summed E-state index contributed by atoms with van der Waals surface area (Å²) in [5.41, 5.74) is 6.43. The molecule has 20 heavy (non-hydrogen) atoms. The van der Waals surface area contributed by atoms with Crippen molar-refractivity contribution in [2.45, 2.75) is 85.2 Å². The number of hydrogen-bond acceptors (Lipinski definition) is 2. The van der Waals surface area contributed by atoms with E-state index in [-0.39, 0.29) is 0 Å². The standard InChI is InChI=1S/C18H38N2/c1-6-15-9-10-18(19)16(11-15)13-20(12-14(4)5)17(7-2)8-3/h14-18H,6-13,19H2,1-5H3. The summed E-state index contributed by atoms with van der Waals surface area (Å²) < 4.78 is 0. The van der Waals surface area contributed by atoms with Crippen LogP contribution < -0.4 is 5.73 Å². The molecule has 0 aromatic rings. The highest BCUT2D eigenvalue weighted by Crippen LogP contribution is 2.31. The third-order valence-electron chi connectivity index (χ3n) is 5.25. The van der Waals surface area contributed by atoms with Gasteiger partial charge < -0.3 is 5.73 Å². The van der Waals surface area contributed by atoms with Crippen molar-refractivity contribution in [2.75, 3.05) is 13.1 Å². The number of nitrogens with two attached hydrogens (primary N) is 1. The van der Waals surface area contributed by atoms with Gasteiger partial charge in [-0.25, -0.2) is 0 Å². The Bertz CT molecular complexity index is 248. The van der Waals surface area contributed by atoms with Crippen LogP contribution in [0, 0.1) is 17.8 Å². The van der Waals surface area contributed by atoms with Crippen molar-refractivity contribution >= 4 is 0 Å². The molecular weight excluding hydrogens is 244 g/mol. The molecule has 0 radical (unpaired) electrons. The lowest BCUT2D eigenvalue weighted by molar-refractivity contribution is 0.104. The first-order chi connectivity index (χ1) is 9.51. The van der Waals surface area contributed by atoms with E-state index in [9.17, 15) is 0 Å². The maximum absolute atomic E-state index is 6.43. The molecule has 0 aromatic carbocycles. The zero-order chi connectivity index (χ0) is 15.1. The predicted octanol–water partition coefficient (Wildman–Crippen LogP) is 4.29. The second-order valence-corrected chi connectivity index (χ2v) is 7.33. The molecule has 1 rings (SSSR count). The molecule has 2 N–H and O–H groups in total. The maximum atomic E-state index is 6.43. The summed E-state index contributed by atoms with van der Waals surface area (Å²) in [6.45, 7) is 14.1. The van der Waals surface area contributed by atoms with Crippen molar-refractivity contribution in [3.05, 3.63) is 0 Å². The molecule has 2 nitrogen and oxygen atoms in total. The van der Waals surface area contributed by atoms with Crippen LogP contribution in [-0.2, 0) is 0 Å². The van der Waals surface area contributed by atoms with E-state index in [1.54, 1.807) is 0 Å². The van der Waals surface area contributed by atoms with Gasteiger partial charge in [0.25, 0.3) is 0 Å². The number of hydrogen-bond donors (Lipinski definition) is 1. The SMILES string of the molecule is CCC1CCC(N)C(CN(CC(C)C)C(CC)CC)C1. The number of nitrogens with zero attached hydrogens (tertiary/aromatic N) is 1. The topological polar surface area (TPSA) is 29.3 Å². The molecule has 0 amide bonds.